The first-order valence-electron chi connectivity index (χ1n) is 8.70. The van der Waals surface area contributed by atoms with E-state index in [2.05, 4.69) is 14.7 Å². The Labute approximate surface area is 167 Å². The number of hydrogen-bond donors (Lipinski definition) is 0. The van der Waals surface area contributed by atoms with Gasteiger partial charge in [0, 0.05) is 36.4 Å². The summed E-state index contributed by atoms with van der Waals surface area (Å²) in [5, 5.41) is 11.0. The van der Waals surface area contributed by atoms with Gasteiger partial charge in [0.1, 0.15) is 17.7 Å². The predicted molar refractivity (Wildman–Crippen MR) is 101 cm³/mol. The van der Waals surface area contributed by atoms with Gasteiger partial charge >= 0.3 is 6.36 Å². The van der Waals surface area contributed by atoms with Gasteiger partial charge in [-0.1, -0.05) is 24.3 Å². The molecule has 0 unspecified atom stereocenters. The Bertz CT molecular complexity index is 1220. The van der Waals surface area contributed by atoms with Gasteiger partial charge in [0.15, 0.2) is 0 Å². The molecule has 4 aromatic rings. The molecule has 10 heteroatoms. The number of nitro benzene ring substituents is 1. The molecule has 2 aromatic carbocycles. The van der Waals surface area contributed by atoms with E-state index in [-0.39, 0.29) is 11.4 Å². The second kappa shape index (κ2) is 7.47. The van der Waals surface area contributed by atoms with Crippen LogP contribution in [0.15, 0.2) is 67.1 Å². The lowest BCUT2D eigenvalue weighted by molar-refractivity contribution is -0.384. The fraction of sp³-hybridized carbons (Fsp3) is 0.100. The van der Waals surface area contributed by atoms with Gasteiger partial charge in [-0.15, -0.1) is 13.2 Å². The fourth-order valence-electron chi connectivity index (χ4n) is 2.96. The number of nitrogens with zero attached hydrogens (tertiary/aromatic N) is 4. The molecule has 4 rings (SSSR count). The van der Waals surface area contributed by atoms with Gasteiger partial charge in [-0.3, -0.25) is 14.5 Å². The van der Waals surface area contributed by atoms with Gasteiger partial charge in [0.2, 0.25) is 0 Å². The molecule has 0 fully saturated rings. The molecule has 0 aliphatic carbocycles. The summed E-state index contributed by atoms with van der Waals surface area (Å²) in [4.78, 5) is 19.3. The number of alkyl halides is 3. The van der Waals surface area contributed by atoms with E-state index in [4.69, 9.17) is 0 Å². The Morgan fingerprint density at radius 1 is 1.10 bits per heavy atom. The second-order valence-electron chi connectivity index (χ2n) is 6.45. The van der Waals surface area contributed by atoms with Crippen molar-refractivity contribution in [3.63, 3.8) is 0 Å². The minimum atomic E-state index is -4.73. The molecule has 7 nitrogen and oxygen atoms in total. The molecule has 0 bridgehead atoms. The maximum Gasteiger partial charge on any atom is 0.573 e. The maximum atomic E-state index is 12.2. The van der Waals surface area contributed by atoms with Crippen LogP contribution in [-0.4, -0.2) is 25.7 Å². The molecule has 152 valence electrons. The number of imidazole rings is 1. The largest absolute Gasteiger partial charge is 0.573 e. The van der Waals surface area contributed by atoms with E-state index in [9.17, 15) is 23.3 Å². The first kappa shape index (κ1) is 19.4. The van der Waals surface area contributed by atoms with Crippen molar-refractivity contribution >= 4 is 11.3 Å². The first-order valence-corrected chi connectivity index (χ1v) is 8.70. The van der Waals surface area contributed by atoms with Crippen LogP contribution in [0.5, 0.6) is 5.75 Å². The molecule has 0 radical (unpaired) electrons. The van der Waals surface area contributed by atoms with E-state index in [0.29, 0.717) is 29.0 Å². The van der Waals surface area contributed by atoms with Crippen LogP contribution in [0.1, 0.15) is 11.3 Å². The Hall–Kier alpha value is -3.95. The minimum Gasteiger partial charge on any atom is -0.406 e. The number of fused-ring (bicyclic) bond motifs is 1. The third kappa shape index (κ3) is 4.37. The van der Waals surface area contributed by atoms with Crippen LogP contribution in [0.4, 0.5) is 18.9 Å². The van der Waals surface area contributed by atoms with E-state index in [1.54, 1.807) is 35.1 Å². The highest BCUT2D eigenvalue weighted by Crippen LogP contribution is 2.25. The highest BCUT2D eigenvalue weighted by atomic mass is 19.4. The first-order chi connectivity index (χ1) is 14.3. The summed E-state index contributed by atoms with van der Waals surface area (Å²) in [7, 11) is 0. The predicted octanol–water partition coefficient (Wildman–Crippen LogP) is 4.79. The Balaban J connectivity index is 1.55. The van der Waals surface area contributed by atoms with Gasteiger partial charge in [-0.05, 0) is 17.7 Å². The van der Waals surface area contributed by atoms with Crippen molar-refractivity contribution in [2.75, 3.05) is 0 Å². The highest BCUT2D eigenvalue weighted by molar-refractivity contribution is 5.65. The van der Waals surface area contributed by atoms with Crippen LogP contribution < -0.4 is 4.74 Å². The van der Waals surface area contributed by atoms with Gasteiger partial charge in [-0.2, -0.15) is 0 Å². The molecule has 0 spiro atoms. The summed E-state index contributed by atoms with van der Waals surface area (Å²) in [5.74, 6) is -0.287. The Kier molecular flexibility index (Phi) is 4.82. The monoisotopic (exact) mass is 414 g/mol. The topological polar surface area (TPSA) is 82.6 Å². The van der Waals surface area contributed by atoms with E-state index in [0.717, 1.165) is 5.56 Å². The van der Waals surface area contributed by atoms with Crippen LogP contribution >= 0.6 is 0 Å². The second-order valence-corrected chi connectivity index (χ2v) is 6.45. The molecule has 0 amide bonds. The summed E-state index contributed by atoms with van der Waals surface area (Å²) in [6.45, 7) is 0. The lowest BCUT2D eigenvalue weighted by Crippen LogP contribution is -2.17. The number of ether oxygens (including phenoxy) is 1. The molecular weight excluding hydrogens is 401 g/mol. The average molecular weight is 414 g/mol. The van der Waals surface area contributed by atoms with E-state index < -0.39 is 11.3 Å². The Morgan fingerprint density at radius 2 is 1.87 bits per heavy atom. The molecule has 0 saturated carbocycles. The van der Waals surface area contributed by atoms with Crippen LogP contribution in [0, 0.1) is 10.1 Å². The molecule has 2 aromatic heterocycles. The van der Waals surface area contributed by atoms with Crippen LogP contribution in [-0.2, 0) is 6.42 Å². The van der Waals surface area contributed by atoms with Crippen molar-refractivity contribution < 1.29 is 22.8 Å². The molecule has 0 aliphatic rings. The Morgan fingerprint density at radius 3 is 2.57 bits per heavy atom. The number of halogens is 3. The SMILES string of the molecule is O=[N+]([O-])c1cccc(-c2cn3cnc(Cc4ccc(OC(F)(F)F)cc4)cc3n2)c1. The standard InChI is InChI=1S/C20H13F3N4O3/c21-20(22,23)30-17-6-4-13(5-7-17)8-15-10-19-25-18(11-26(19)12-24-15)14-2-1-3-16(9-14)27(28)29/h1-7,9-12H,8H2. The van der Waals surface area contributed by atoms with E-state index in [1.165, 1.54) is 36.4 Å². The molecule has 0 atom stereocenters. The number of rotatable bonds is 5. The van der Waals surface area contributed by atoms with E-state index in [1.807, 2.05) is 0 Å². The molecular formula is C20H13F3N4O3. The number of hydrogen-bond acceptors (Lipinski definition) is 5. The lowest BCUT2D eigenvalue weighted by Gasteiger charge is -2.09. The van der Waals surface area contributed by atoms with Gasteiger partial charge in [-0.25, -0.2) is 9.97 Å². The van der Waals surface area contributed by atoms with Crippen LogP contribution in [0.2, 0.25) is 0 Å². The number of nitro groups is 1. The van der Waals surface area contributed by atoms with Gasteiger partial charge in [0.25, 0.3) is 5.69 Å². The summed E-state index contributed by atoms with van der Waals surface area (Å²) < 4.78 is 42.3. The highest BCUT2D eigenvalue weighted by Gasteiger charge is 2.30. The minimum absolute atomic E-state index is 0.0266. The lowest BCUT2D eigenvalue weighted by atomic mass is 10.1. The summed E-state index contributed by atoms with van der Waals surface area (Å²) >= 11 is 0. The maximum absolute atomic E-state index is 12.2. The fourth-order valence-corrected chi connectivity index (χ4v) is 2.96. The van der Waals surface area contributed by atoms with Crippen molar-refractivity contribution in [3.05, 3.63) is 88.5 Å². The summed E-state index contributed by atoms with van der Waals surface area (Å²) in [6, 6.07) is 13.5. The molecule has 0 saturated heterocycles. The molecule has 30 heavy (non-hydrogen) atoms. The van der Waals surface area contributed by atoms with Crippen molar-refractivity contribution in [3.8, 4) is 17.0 Å². The molecule has 0 N–H and O–H groups in total. The van der Waals surface area contributed by atoms with Gasteiger partial charge in [0.05, 0.1) is 16.3 Å². The van der Waals surface area contributed by atoms with Crippen molar-refractivity contribution in [1.82, 2.24) is 14.4 Å². The van der Waals surface area contributed by atoms with Crippen molar-refractivity contribution in [1.29, 1.82) is 0 Å². The zero-order chi connectivity index (χ0) is 21.3. The number of non-ortho nitro benzene ring substituents is 1. The summed E-state index contributed by atoms with van der Waals surface area (Å²) in [5.41, 5.74) is 3.16. The van der Waals surface area contributed by atoms with Crippen LogP contribution in [0.25, 0.3) is 16.9 Å². The van der Waals surface area contributed by atoms with Gasteiger partial charge < -0.3 is 4.74 Å². The number of aromatic nitrogens is 3. The quantitative estimate of drug-likeness (QED) is 0.346. The normalized spacial score (nSPS) is 11.6. The zero-order valence-corrected chi connectivity index (χ0v) is 15.2. The van der Waals surface area contributed by atoms with Crippen molar-refractivity contribution in [2.45, 2.75) is 12.8 Å². The third-order valence-corrected chi connectivity index (χ3v) is 4.30. The summed E-state index contributed by atoms with van der Waals surface area (Å²) in [6.07, 6.45) is -1.05. The molecule has 2 heterocycles. The number of benzene rings is 2. The molecule has 0 aliphatic heterocycles. The average Bonchev–Trinajstić information content (AvgIpc) is 3.12. The van der Waals surface area contributed by atoms with E-state index >= 15 is 0 Å². The van der Waals surface area contributed by atoms with Crippen molar-refractivity contribution in [2.24, 2.45) is 0 Å². The smallest absolute Gasteiger partial charge is 0.406 e. The third-order valence-electron chi connectivity index (χ3n) is 4.30. The van der Waals surface area contributed by atoms with Crippen LogP contribution in [0.3, 0.4) is 0 Å². The zero-order valence-electron chi connectivity index (χ0n) is 15.2.